The van der Waals surface area contributed by atoms with Crippen LogP contribution in [0, 0.1) is 0 Å². The van der Waals surface area contributed by atoms with Gasteiger partial charge in [-0.15, -0.1) is 0 Å². The van der Waals surface area contributed by atoms with Gasteiger partial charge in [-0.2, -0.15) is 0 Å². The van der Waals surface area contributed by atoms with Crippen LogP contribution in [0.2, 0.25) is 0 Å². The summed E-state index contributed by atoms with van der Waals surface area (Å²) in [5.41, 5.74) is 1.97. The molecule has 0 heterocycles. The molecule has 25 heavy (non-hydrogen) atoms. The average molecular weight is 338 g/mol. The number of benzene rings is 2. The van der Waals surface area contributed by atoms with Crippen LogP contribution in [0.25, 0.3) is 0 Å². The number of nitrogens with one attached hydrogen (secondary N) is 1. The van der Waals surface area contributed by atoms with Gasteiger partial charge in [0.2, 0.25) is 11.8 Å². The molecule has 2 rings (SSSR count). The van der Waals surface area contributed by atoms with Crippen LogP contribution in [0.15, 0.2) is 60.7 Å². The Kier molecular flexibility index (Phi) is 7.20. The lowest BCUT2D eigenvalue weighted by atomic mass is 10.1. The van der Waals surface area contributed by atoms with Crippen molar-refractivity contribution < 1.29 is 9.59 Å². The van der Waals surface area contributed by atoms with Crippen LogP contribution in [0.1, 0.15) is 31.4 Å². The minimum Gasteiger partial charge on any atom is -0.355 e. The van der Waals surface area contributed by atoms with E-state index in [2.05, 4.69) is 5.32 Å². The number of carbonyl (C=O) groups excluding carboxylic acids is 2. The maximum atomic E-state index is 13.0. The van der Waals surface area contributed by atoms with Crippen molar-refractivity contribution in [3.05, 3.63) is 71.8 Å². The first-order valence-electron chi connectivity index (χ1n) is 8.80. The molecule has 4 nitrogen and oxygen atoms in total. The third kappa shape index (κ3) is 5.45. The van der Waals surface area contributed by atoms with E-state index in [4.69, 9.17) is 0 Å². The van der Waals surface area contributed by atoms with E-state index >= 15 is 0 Å². The first-order chi connectivity index (χ1) is 12.2. The van der Waals surface area contributed by atoms with E-state index in [9.17, 15) is 9.59 Å². The summed E-state index contributed by atoms with van der Waals surface area (Å²) in [6, 6.07) is 19.0. The fourth-order valence-corrected chi connectivity index (χ4v) is 2.86. The SMILES string of the molecule is CCNC(=O)[C@H](CC)N(Cc1ccccc1)C(=O)Cc1ccccc1. The number of amides is 2. The zero-order valence-corrected chi connectivity index (χ0v) is 14.9. The molecule has 0 radical (unpaired) electrons. The van der Waals surface area contributed by atoms with Gasteiger partial charge in [-0.3, -0.25) is 9.59 Å². The molecule has 2 aromatic carbocycles. The predicted molar refractivity (Wildman–Crippen MR) is 99.9 cm³/mol. The van der Waals surface area contributed by atoms with Crippen LogP contribution in [0.5, 0.6) is 0 Å². The Hall–Kier alpha value is -2.62. The van der Waals surface area contributed by atoms with Crippen LogP contribution >= 0.6 is 0 Å². The highest BCUT2D eigenvalue weighted by atomic mass is 16.2. The standard InChI is InChI=1S/C21H26N2O2/c1-3-19(21(25)22-4-2)23(16-18-13-9-6-10-14-18)20(24)15-17-11-7-5-8-12-17/h5-14,19H,3-4,15-16H2,1-2H3,(H,22,25)/t19-/m0/s1. The van der Waals surface area contributed by atoms with Gasteiger partial charge in [0, 0.05) is 13.1 Å². The number of rotatable bonds is 8. The quantitative estimate of drug-likeness (QED) is 0.804. The fraction of sp³-hybridized carbons (Fsp3) is 0.333. The van der Waals surface area contributed by atoms with E-state index in [1.54, 1.807) is 4.90 Å². The summed E-state index contributed by atoms with van der Waals surface area (Å²) in [6.07, 6.45) is 0.878. The molecule has 0 saturated heterocycles. The van der Waals surface area contributed by atoms with Crippen molar-refractivity contribution in [3.8, 4) is 0 Å². The molecule has 0 unspecified atom stereocenters. The molecule has 132 valence electrons. The molecule has 0 bridgehead atoms. The Balaban J connectivity index is 2.23. The highest BCUT2D eigenvalue weighted by Gasteiger charge is 2.28. The Morgan fingerprint density at radius 3 is 2.00 bits per heavy atom. The molecule has 2 aromatic rings. The monoisotopic (exact) mass is 338 g/mol. The largest absolute Gasteiger partial charge is 0.355 e. The van der Waals surface area contributed by atoms with Crippen LogP contribution in [-0.2, 0) is 22.6 Å². The van der Waals surface area contributed by atoms with E-state index in [1.807, 2.05) is 74.5 Å². The lowest BCUT2D eigenvalue weighted by molar-refractivity contribution is -0.140. The van der Waals surface area contributed by atoms with Crippen molar-refractivity contribution >= 4 is 11.8 Å². The van der Waals surface area contributed by atoms with Gasteiger partial charge in [0.15, 0.2) is 0 Å². The third-order valence-electron chi connectivity index (χ3n) is 4.13. The minimum atomic E-state index is -0.462. The number of likely N-dealkylation sites (N-methyl/N-ethyl adjacent to an activating group) is 1. The van der Waals surface area contributed by atoms with Crippen molar-refractivity contribution in [2.24, 2.45) is 0 Å². The predicted octanol–water partition coefficient (Wildman–Crippen LogP) is 3.17. The first-order valence-corrected chi connectivity index (χ1v) is 8.80. The molecule has 0 aromatic heterocycles. The molecular formula is C21H26N2O2. The van der Waals surface area contributed by atoms with E-state index in [0.717, 1.165) is 11.1 Å². The van der Waals surface area contributed by atoms with Crippen molar-refractivity contribution in [3.63, 3.8) is 0 Å². The van der Waals surface area contributed by atoms with Crippen LogP contribution in [0.4, 0.5) is 0 Å². The Morgan fingerprint density at radius 1 is 0.920 bits per heavy atom. The highest BCUT2D eigenvalue weighted by molar-refractivity contribution is 5.88. The Bertz CT molecular complexity index is 671. The zero-order valence-electron chi connectivity index (χ0n) is 14.9. The Labute approximate surface area is 149 Å². The normalized spacial score (nSPS) is 11.6. The molecule has 2 amide bonds. The van der Waals surface area contributed by atoms with Gasteiger partial charge in [0.25, 0.3) is 0 Å². The molecule has 0 fully saturated rings. The number of hydrogen-bond acceptors (Lipinski definition) is 2. The van der Waals surface area contributed by atoms with E-state index in [-0.39, 0.29) is 11.8 Å². The first kappa shape index (κ1) is 18.7. The van der Waals surface area contributed by atoms with Crippen molar-refractivity contribution in [2.75, 3.05) is 6.54 Å². The molecule has 0 aliphatic rings. The summed E-state index contributed by atoms with van der Waals surface area (Å²) in [7, 11) is 0. The Morgan fingerprint density at radius 2 is 1.48 bits per heavy atom. The number of carbonyl (C=O) groups is 2. The maximum Gasteiger partial charge on any atom is 0.242 e. The number of hydrogen-bond donors (Lipinski definition) is 1. The molecule has 0 aliphatic heterocycles. The molecular weight excluding hydrogens is 312 g/mol. The average Bonchev–Trinajstić information content (AvgIpc) is 2.63. The summed E-state index contributed by atoms with van der Waals surface area (Å²) < 4.78 is 0. The van der Waals surface area contributed by atoms with Crippen molar-refractivity contribution in [1.29, 1.82) is 0 Å². The van der Waals surface area contributed by atoms with Crippen LogP contribution in [-0.4, -0.2) is 29.3 Å². The van der Waals surface area contributed by atoms with E-state index < -0.39 is 6.04 Å². The van der Waals surface area contributed by atoms with Gasteiger partial charge in [-0.05, 0) is 24.5 Å². The van der Waals surface area contributed by atoms with E-state index in [0.29, 0.717) is 25.9 Å². The van der Waals surface area contributed by atoms with Crippen LogP contribution < -0.4 is 5.32 Å². The summed E-state index contributed by atoms with van der Waals surface area (Å²) >= 11 is 0. The van der Waals surface area contributed by atoms with Gasteiger partial charge in [-0.1, -0.05) is 67.6 Å². The molecule has 1 N–H and O–H groups in total. The minimum absolute atomic E-state index is 0.0341. The summed E-state index contributed by atoms with van der Waals surface area (Å²) in [6.45, 7) is 4.81. The van der Waals surface area contributed by atoms with Gasteiger partial charge in [0.1, 0.15) is 6.04 Å². The lowest BCUT2D eigenvalue weighted by Crippen LogP contribution is -2.49. The molecule has 0 spiro atoms. The van der Waals surface area contributed by atoms with Crippen LogP contribution in [0.3, 0.4) is 0 Å². The lowest BCUT2D eigenvalue weighted by Gasteiger charge is -2.30. The van der Waals surface area contributed by atoms with Gasteiger partial charge < -0.3 is 10.2 Å². The smallest absolute Gasteiger partial charge is 0.242 e. The van der Waals surface area contributed by atoms with Crippen molar-refractivity contribution in [2.45, 2.75) is 39.3 Å². The summed E-state index contributed by atoms with van der Waals surface area (Å²) in [5, 5.41) is 2.85. The maximum absolute atomic E-state index is 13.0. The second-order valence-electron chi connectivity index (χ2n) is 5.99. The van der Waals surface area contributed by atoms with Gasteiger partial charge in [-0.25, -0.2) is 0 Å². The van der Waals surface area contributed by atoms with Gasteiger partial charge in [0.05, 0.1) is 6.42 Å². The van der Waals surface area contributed by atoms with E-state index in [1.165, 1.54) is 0 Å². The van der Waals surface area contributed by atoms with Gasteiger partial charge >= 0.3 is 0 Å². The fourth-order valence-electron chi connectivity index (χ4n) is 2.86. The second kappa shape index (κ2) is 9.62. The third-order valence-corrected chi connectivity index (χ3v) is 4.13. The topological polar surface area (TPSA) is 49.4 Å². The highest BCUT2D eigenvalue weighted by Crippen LogP contribution is 2.14. The summed E-state index contributed by atoms with van der Waals surface area (Å²) in [4.78, 5) is 27.1. The molecule has 0 saturated carbocycles. The summed E-state index contributed by atoms with van der Waals surface area (Å²) in [5.74, 6) is -0.129. The molecule has 1 atom stereocenters. The number of nitrogens with zero attached hydrogens (tertiary/aromatic N) is 1. The zero-order chi connectivity index (χ0) is 18.1. The molecule has 4 heteroatoms. The van der Waals surface area contributed by atoms with Crippen molar-refractivity contribution in [1.82, 2.24) is 10.2 Å². The second-order valence-corrected chi connectivity index (χ2v) is 5.99. The molecule has 0 aliphatic carbocycles.